The molecule has 0 aromatic carbocycles. The maximum Gasteiger partial charge on any atom is 0.0456 e. The summed E-state index contributed by atoms with van der Waals surface area (Å²) < 4.78 is 0. The van der Waals surface area contributed by atoms with E-state index >= 15 is 0 Å². The Morgan fingerprint density at radius 3 is 2.54 bits per heavy atom. The van der Waals surface area contributed by atoms with Crippen LogP contribution in [0.15, 0.2) is 12.2 Å². The van der Waals surface area contributed by atoms with Crippen molar-refractivity contribution in [2.75, 3.05) is 6.61 Å². The fourth-order valence-corrected chi connectivity index (χ4v) is 1.31. The summed E-state index contributed by atoms with van der Waals surface area (Å²) in [5.74, 6) is 0.492. The van der Waals surface area contributed by atoms with E-state index in [2.05, 4.69) is 26.0 Å². The van der Waals surface area contributed by atoms with E-state index in [0.717, 1.165) is 6.42 Å². The van der Waals surface area contributed by atoms with Gasteiger partial charge in [-0.05, 0) is 31.6 Å². The first-order valence-electron chi connectivity index (χ1n) is 5.57. The van der Waals surface area contributed by atoms with Crippen molar-refractivity contribution < 1.29 is 5.11 Å². The van der Waals surface area contributed by atoms with Gasteiger partial charge in [0.05, 0.1) is 0 Å². The molecule has 0 aliphatic heterocycles. The molecule has 0 amide bonds. The lowest BCUT2D eigenvalue weighted by Crippen LogP contribution is -1.99. The van der Waals surface area contributed by atoms with Crippen LogP contribution in [-0.2, 0) is 0 Å². The number of hydrogen-bond acceptors (Lipinski definition) is 1. The highest BCUT2D eigenvalue weighted by molar-refractivity contribution is 4.79. The Morgan fingerprint density at radius 2 is 1.92 bits per heavy atom. The molecule has 0 saturated heterocycles. The molecule has 0 spiro atoms. The van der Waals surface area contributed by atoms with Gasteiger partial charge in [0.2, 0.25) is 0 Å². The molecule has 0 aliphatic carbocycles. The minimum Gasteiger partial charge on any atom is -0.396 e. The molecular formula is C12H24O. The Labute approximate surface area is 82.9 Å². The first-order chi connectivity index (χ1) is 6.31. The van der Waals surface area contributed by atoms with Crippen molar-refractivity contribution in [3.05, 3.63) is 12.2 Å². The zero-order chi connectivity index (χ0) is 9.94. The fourth-order valence-electron chi connectivity index (χ4n) is 1.31. The van der Waals surface area contributed by atoms with E-state index in [4.69, 9.17) is 5.11 Å². The van der Waals surface area contributed by atoms with Gasteiger partial charge in [0.25, 0.3) is 0 Å². The van der Waals surface area contributed by atoms with Crippen molar-refractivity contribution in [2.45, 2.75) is 52.4 Å². The summed E-state index contributed by atoms with van der Waals surface area (Å²) in [5, 5.41) is 8.80. The van der Waals surface area contributed by atoms with E-state index in [0.29, 0.717) is 12.5 Å². The van der Waals surface area contributed by atoms with Gasteiger partial charge in [-0.3, -0.25) is 0 Å². The summed E-state index contributed by atoms with van der Waals surface area (Å²) in [6, 6.07) is 0. The van der Waals surface area contributed by atoms with Gasteiger partial charge in [0.1, 0.15) is 0 Å². The van der Waals surface area contributed by atoms with Crippen molar-refractivity contribution in [3.63, 3.8) is 0 Å². The van der Waals surface area contributed by atoms with Gasteiger partial charge in [-0.25, -0.2) is 0 Å². The average Bonchev–Trinajstić information content (AvgIpc) is 2.16. The average molecular weight is 184 g/mol. The predicted molar refractivity (Wildman–Crippen MR) is 58.8 cm³/mol. The predicted octanol–water partition coefficient (Wildman–Crippen LogP) is 3.53. The molecule has 1 heteroatoms. The van der Waals surface area contributed by atoms with Crippen molar-refractivity contribution in [3.8, 4) is 0 Å². The summed E-state index contributed by atoms with van der Waals surface area (Å²) in [6.45, 7) is 4.62. The van der Waals surface area contributed by atoms with Crippen molar-refractivity contribution >= 4 is 0 Å². The van der Waals surface area contributed by atoms with Crippen LogP contribution < -0.4 is 0 Å². The minimum absolute atomic E-state index is 0.343. The lowest BCUT2D eigenvalue weighted by Gasteiger charge is -2.05. The van der Waals surface area contributed by atoms with Crippen LogP contribution in [0.3, 0.4) is 0 Å². The van der Waals surface area contributed by atoms with Crippen molar-refractivity contribution in [1.29, 1.82) is 0 Å². The van der Waals surface area contributed by atoms with Crippen LogP contribution in [0.25, 0.3) is 0 Å². The second kappa shape index (κ2) is 9.79. The number of rotatable bonds is 8. The highest BCUT2D eigenvalue weighted by Gasteiger charge is 1.97. The number of allylic oxidation sites excluding steroid dienone is 2. The van der Waals surface area contributed by atoms with E-state index in [1.807, 2.05) is 0 Å². The standard InChI is InChI=1S/C12H24O/c1-3-4-5-6-7-8-9-10-12(2)11-13/h4-5,12-13H,3,6-11H2,1-2H3/b5-4+. The van der Waals surface area contributed by atoms with Crippen molar-refractivity contribution in [1.82, 2.24) is 0 Å². The highest BCUT2D eigenvalue weighted by Crippen LogP contribution is 2.09. The number of hydrogen-bond donors (Lipinski definition) is 1. The third-order valence-electron chi connectivity index (χ3n) is 2.28. The summed E-state index contributed by atoms with van der Waals surface area (Å²) in [5.41, 5.74) is 0. The maximum atomic E-state index is 8.80. The minimum atomic E-state index is 0.343. The molecule has 1 unspecified atom stereocenters. The number of unbranched alkanes of at least 4 members (excludes halogenated alkanes) is 3. The van der Waals surface area contributed by atoms with Gasteiger partial charge in [-0.1, -0.05) is 38.8 Å². The molecule has 0 saturated carbocycles. The fraction of sp³-hybridized carbons (Fsp3) is 0.833. The SMILES string of the molecule is CC/C=C/CCCCCC(C)CO. The van der Waals surface area contributed by atoms with Gasteiger partial charge in [-0.15, -0.1) is 0 Å². The number of aliphatic hydroxyl groups is 1. The van der Waals surface area contributed by atoms with Gasteiger partial charge in [-0.2, -0.15) is 0 Å². The Balaban J connectivity index is 3.03. The molecule has 0 aliphatic rings. The molecule has 1 nitrogen and oxygen atoms in total. The molecule has 0 rings (SSSR count). The topological polar surface area (TPSA) is 20.2 Å². The lowest BCUT2D eigenvalue weighted by atomic mass is 10.0. The van der Waals surface area contributed by atoms with Crippen LogP contribution in [0.1, 0.15) is 52.4 Å². The van der Waals surface area contributed by atoms with Gasteiger partial charge in [0.15, 0.2) is 0 Å². The van der Waals surface area contributed by atoms with Gasteiger partial charge >= 0.3 is 0 Å². The number of aliphatic hydroxyl groups excluding tert-OH is 1. The molecule has 1 N–H and O–H groups in total. The molecule has 78 valence electrons. The normalized spacial score (nSPS) is 13.8. The lowest BCUT2D eigenvalue weighted by molar-refractivity contribution is 0.227. The van der Waals surface area contributed by atoms with Crippen LogP contribution in [0, 0.1) is 5.92 Å². The maximum absolute atomic E-state index is 8.80. The van der Waals surface area contributed by atoms with E-state index in [9.17, 15) is 0 Å². The first kappa shape index (κ1) is 12.7. The molecule has 13 heavy (non-hydrogen) atoms. The molecular weight excluding hydrogens is 160 g/mol. The summed E-state index contributed by atoms with van der Waals surface area (Å²) in [4.78, 5) is 0. The third-order valence-corrected chi connectivity index (χ3v) is 2.28. The van der Waals surface area contributed by atoms with E-state index in [-0.39, 0.29) is 0 Å². The van der Waals surface area contributed by atoms with Crippen LogP contribution in [0.5, 0.6) is 0 Å². The van der Waals surface area contributed by atoms with Gasteiger partial charge in [0, 0.05) is 6.61 Å². The molecule has 0 radical (unpaired) electrons. The third kappa shape index (κ3) is 9.62. The zero-order valence-electron chi connectivity index (χ0n) is 9.13. The second-order valence-corrected chi connectivity index (χ2v) is 3.81. The highest BCUT2D eigenvalue weighted by atomic mass is 16.3. The molecule has 0 aromatic rings. The van der Waals surface area contributed by atoms with Gasteiger partial charge < -0.3 is 5.11 Å². The largest absolute Gasteiger partial charge is 0.396 e. The summed E-state index contributed by atoms with van der Waals surface area (Å²) >= 11 is 0. The Morgan fingerprint density at radius 1 is 1.15 bits per heavy atom. The Kier molecular flexibility index (Phi) is 9.56. The molecule has 0 heterocycles. The monoisotopic (exact) mass is 184 g/mol. The molecule has 0 aromatic heterocycles. The Hall–Kier alpha value is -0.300. The second-order valence-electron chi connectivity index (χ2n) is 3.81. The van der Waals surface area contributed by atoms with Crippen LogP contribution in [-0.4, -0.2) is 11.7 Å². The molecule has 0 bridgehead atoms. The molecule has 1 atom stereocenters. The van der Waals surface area contributed by atoms with Crippen LogP contribution in [0.4, 0.5) is 0 Å². The Bertz CT molecular complexity index is 118. The van der Waals surface area contributed by atoms with Crippen molar-refractivity contribution in [2.24, 2.45) is 5.92 Å². The zero-order valence-corrected chi connectivity index (χ0v) is 9.13. The van der Waals surface area contributed by atoms with Crippen LogP contribution in [0.2, 0.25) is 0 Å². The van der Waals surface area contributed by atoms with Crippen LogP contribution >= 0.6 is 0 Å². The smallest absolute Gasteiger partial charge is 0.0456 e. The van der Waals surface area contributed by atoms with E-state index in [1.165, 1.54) is 32.1 Å². The van der Waals surface area contributed by atoms with E-state index < -0.39 is 0 Å². The summed E-state index contributed by atoms with van der Waals surface area (Å²) in [7, 11) is 0. The quantitative estimate of drug-likeness (QED) is 0.452. The summed E-state index contributed by atoms with van der Waals surface area (Å²) in [6.07, 6.45) is 11.9. The first-order valence-corrected chi connectivity index (χ1v) is 5.57. The van der Waals surface area contributed by atoms with E-state index in [1.54, 1.807) is 0 Å². The molecule has 0 fully saturated rings.